The van der Waals surface area contributed by atoms with E-state index < -0.39 is 5.97 Å². The van der Waals surface area contributed by atoms with E-state index in [1.54, 1.807) is 25.3 Å². The largest absolute Gasteiger partial charge is 0.462 e. The van der Waals surface area contributed by atoms with Crippen LogP contribution in [0.25, 0.3) is 0 Å². The molecular formula is C10H12N6O2. The Balaban J connectivity index is 2.09. The average molecular weight is 248 g/mol. The maximum Gasteiger partial charge on any atom is 0.341 e. The Kier molecular flexibility index (Phi) is 3.79. The fourth-order valence-electron chi connectivity index (χ4n) is 1.34. The van der Waals surface area contributed by atoms with Gasteiger partial charge in [0.2, 0.25) is 0 Å². The Morgan fingerprint density at radius 3 is 3.17 bits per heavy atom. The zero-order chi connectivity index (χ0) is 12.8. The van der Waals surface area contributed by atoms with Crippen LogP contribution in [0.3, 0.4) is 0 Å². The van der Waals surface area contributed by atoms with Gasteiger partial charge in [0.05, 0.1) is 13.2 Å². The van der Waals surface area contributed by atoms with Gasteiger partial charge in [-0.15, -0.1) is 10.2 Å². The lowest BCUT2D eigenvalue weighted by molar-refractivity contribution is 0.0527. The highest BCUT2D eigenvalue weighted by Gasteiger charge is 2.13. The predicted molar refractivity (Wildman–Crippen MR) is 61.7 cm³/mol. The number of anilines is 1. The van der Waals surface area contributed by atoms with Gasteiger partial charge in [-0.2, -0.15) is 5.21 Å². The van der Waals surface area contributed by atoms with Gasteiger partial charge in [0, 0.05) is 6.20 Å². The summed E-state index contributed by atoms with van der Waals surface area (Å²) in [4.78, 5) is 15.8. The van der Waals surface area contributed by atoms with E-state index in [9.17, 15) is 4.79 Å². The summed E-state index contributed by atoms with van der Waals surface area (Å²) in [7, 11) is 0. The van der Waals surface area contributed by atoms with Crippen molar-refractivity contribution in [3.8, 4) is 0 Å². The van der Waals surface area contributed by atoms with E-state index in [0.717, 1.165) is 0 Å². The molecule has 0 saturated heterocycles. The second-order valence-corrected chi connectivity index (χ2v) is 3.30. The lowest BCUT2D eigenvalue weighted by Crippen LogP contribution is -2.11. The number of ether oxygens (including phenoxy) is 1. The third-order valence-corrected chi connectivity index (χ3v) is 2.11. The van der Waals surface area contributed by atoms with E-state index in [4.69, 9.17) is 4.74 Å². The van der Waals surface area contributed by atoms with Crippen molar-refractivity contribution in [2.75, 3.05) is 11.9 Å². The number of hydrogen-bond acceptors (Lipinski definition) is 7. The van der Waals surface area contributed by atoms with Crippen LogP contribution in [0.4, 0.5) is 5.82 Å². The minimum Gasteiger partial charge on any atom is -0.462 e. The first kappa shape index (κ1) is 12.0. The van der Waals surface area contributed by atoms with E-state index in [1.807, 2.05) is 0 Å². The Labute approximate surface area is 103 Å². The SMILES string of the molecule is CCOC(=O)c1cccnc1NCc1nn[nH]n1. The number of pyridine rings is 1. The molecule has 0 amide bonds. The van der Waals surface area contributed by atoms with Gasteiger partial charge < -0.3 is 10.1 Å². The molecule has 0 saturated carbocycles. The monoisotopic (exact) mass is 248 g/mol. The number of carbonyl (C=O) groups excluding carboxylic acids is 1. The molecule has 0 spiro atoms. The number of aromatic nitrogens is 5. The van der Waals surface area contributed by atoms with Gasteiger partial charge in [0.1, 0.15) is 11.4 Å². The number of H-pyrrole nitrogens is 1. The average Bonchev–Trinajstić information content (AvgIpc) is 2.90. The summed E-state index contributed by atoms with van der Waals surface area (Å²) in [5, 5.41) is 16.3. The Hall–Kier alpha value is -2.51. The Morgan fingerprint density at radius 1 is 1.56 bits per heavy atom. The normalized spacial score (nSPS) is 10.1. The number of esters is 1. The van der Waals surface area contributed by atoms with Crippen molar-refractivity contribution in [1.82, 2.24) is 25.6 Å². The highest BCUT2D eigenvalue weighted by atomic mass is 16.5. The first-order valence-corrected chi connectivity index (χ1v) is 5.39. The highest BCUT2D eigenvalue weighted by molar-refractivity contribution is 5.94. The second-order valence-electron chi connectivity index (χ2n) is 3.30. The first-order chi connectivity index (χ1) is 8.81. The Morgan fingerprint density at radius 2 is 2.44 bits per heavy atom. The van der Waals surface area contributed by atoms with Crippen LogP contribution in [0, 0.1) is 0 Å². The summed E-state index contributed by atoms with van der Waals surface area (Å²) in [5.74, 6) is 0.498. The number of aromatic amines is 1. The van der Waals surface area contributed by atoms with E-state index in [2.05, 4.69) is 30.9 Å². The van der Waals surface area contributed by atoms with Gasteiger partial charge in [0.25, 0.3) is 0 Å². The molecule has 18 heavy (non-hydrogen) atoms. The topological polar surface area (TPSA) is 106 Å². The van der Waals surface area contributed by atoms with Crippen molar-refractivity contribution >= 4 is 11.8 Å². The molecule has 2 rings (SSSR count). The van der Waals surface area contributed by atoms with E-state index >= 15 is 0 Å². The standard InChI is InChI=1S/C10H12N6O2/c1-2-18-10(17)7-4-3-5-11-9(7)12-6-8-13-15-16-14-8/h3-5H,2,6H2,1H3,(H,11,12)(H,13,14,15,16). The smallest absolute Gasteiger partial charge is 0.341 e. The third-order valence-electron chi connectivity index (χ3n) is 2.11. The van der Waals surface area contributed by atoms with Crippen LogP contribution in [-0.4, -0.2) is 38.2 Å². The van der Waals surface area contributed by atoms with Crippen molar-refractivity contribution in [2.45, 2.75) is 13.5 Å². The molecular weight excluding hydrogens is 236 g/mol. The molecule has 2 heterocycles. The van der Waals surface area contributed by atoms with Crippen LogP contribution in [0.15, 0.2) is 18.3 Å². The van der Waals surface area contributed by atoms with Gasteiger partial charge in [-0.25, -0.2) is 9.78 Å². The van der Waals surface area contributed by atoms with Crippen LogP contribution in [0.2, 0.25) is 0 Å². The summed E-state index contributed by atoms with van der Waals surface area (Å²) < 4.78 is 4.94. The number of hydrogen-bond donors (Lipinski definition) is 2. The van der Waals surface area contributed by atoms with Crippen molar-refractivity contribution < 1.29 is 9.53 Å². The summed E-state index contributed by atoms with van der Waals surface area (Å²) in [6.07, 6.45) is 1.58. The van der Waals surface area contributed by atoms with Crippen molar-refractivity contribution in [2.24, 2.45) is 0 Å². The van der Waals surface area contributed by atoms with Crippen LogP contribution in [0.5, 0.6) is 0 Å². The first-order valence-electron chi connectivity index (χ1n) is 5.39. The van der Waals surface area contributed by atoms with E-state index in [0.29, 0.717) is 30.4 Å². The molecule has 8 nitrogen and oxygen atoms in total. The summed E-state index contributed by atoms with van der Waals surface area (Å²) in [6.45, 7) is 2.39. The number of rotatable bonds is 5. The van der Waals surface area contributed by atoms with Crippen molar-refractivity contribution in [3.05, 3.63) is 29.7 Å². The molecule has 0 fully saturated rings. The minimum absolute atomic E-state index is 0.317. The molecule has 0 atom stereocenters. The van der Waals surface area contributed by atoms with Crippen LogP contribution < -0.4 is 5.32 Å². The lowest BCUT2D eigenvalue weighted by atomic mass is 10.2. The van der Waals surface area contributed by atoms with Crippen LogP contribution in [-0.2, 0) is 11.3 Å². The van der Waals surface area contributed by atoms with Crippen LogP contribution >= 0.6 is 0 Å². The summed E-state index contributed by atoms with van der Waals surface area (Å²) in [5.41, 5.74) is 0.378. The Bertz CT molecular complexity index is 513. The molecule has 0 aliphatic heterocycles. The van der Waals surface area contributed by atoms with E-state index in [-0.39, 0.29) is 0 Å². The molecule has 8 heteroatoms. The quantitative estimate of drug-likeness (QED) is 0.737. The number of nitrogens with one attached hydrogen (secondary N) is 2. The molecule has 2 aromatic rings. The van der Waals surface area contributed by atoms with Crippen molar-refractivity contribution in [1.29, 1.82) is 0 Å². The summed E-state index contributed by atoms with van der Waals surface area (Å²) >= 11 is 0. The molecule has 2 N–H and O–H groups in total. The molecule has 0 bridgehead atoms. The molecule has 0 unspecified atom stereocenters. The molecule has 2 aromatic heterocycles. The molecule has 0 aliphatic rings. The number of tetrazole rings is 1. The fourth-order valence-corrected chi connectivity index (χ4v) is 1.34. The molecule has 0 aliphatic carbocycles. The van der Waals surface area contributed by atoms with Gasteiger partial charge in [-0.3, -0.25) is 0 Å². The van der Waals surface area contributed by atoms with Gasteiger partial charge in [0.15, 0.2) is 5.82 Å². The summed E-state index contributed by atoms with van der Waals surface area (Å²) in [6, 6.07) is 3.31. The number of carbonyl (C=O) groups is 1. The molecule has 0 aromatic carbocycles. The molecule has 0 radical (unpaired) electrons. The van der Waals surface area contributed by atoms with Crippen LogP contribution in [0.1, 0.15) is 23.1 Å². The number of nitrogens with zero attached hydrogens (tertiary/aromatic N) is 4. The second kappa shape index (κ2) is 5.71. The van der Waals surface area contributed by atoms with Gasteiger partial charge in [-0.1, -0.05) is 5.21 Å². The third kappa shape index (κ3) is 2.78. The van der Waals surface area contributed by atoms with Gasteiger partial charge in [-0.05, 0) is 19.1 Å². The maximum absolute atomic E-state index is 11.7. The maximum atomic E-state index is 11.7. The van der Waals surface area contributed by atoms with E-state index in [1.165, 1.54) is 0 Å². The molecule has 94 valence electrons. The predicted octanol–water partition coefficient (Wildman–Crippen LogP) is 0.383. The minimum atomic E-state index is -0.416. The fraction of sp³-hybridized carbons (Fsp3) is 0.300. The zero-order valence-electron chi connectivity index (χ0n) is 9.75. The highest BCUT2D eigenvalue weighted by Crippen LogP contribution is 2.13. The van der Waals surface area contributed by atoms with Crippen molar-refractivity contribution in [3.63, 3.8) is 0 Å². The van der Waals surface area contributed by atoms with Gasteiger partial charge >= 0.3 is 5.97 Å². The lowest BCUT2D eigenvalue weighted by Gasteiger charge is -2.08. The zero-order valence-corrected chi connectivity index (χ0v) is 9.75.